The molecular weight excluding hydrogens is 582 g/mol. The monoisotopic (exact) mass is 615 g/mol. The number of thiocarbonyl (C=S) groups is 1. The smallest absolute Gasteiger partial charge is 0.170 e. The Morgan fingerprint density at radius 2 is 1.46 bits per heavy atom. The van der Waals surface area contributed by atoms with Gasteiger partial charge in [0.2, 0.25) is 0 Å². The Hall–Kier alpha value is -3.37. The van der Waals surface area contributed by atoms with Crippen LogP contribution in [0.4, 0.5) is 0 Å². The van der Waals surface area contributed by atoms with Gasteiger partial charge in [-0.3, -0.25) is 9.78 Å². The number of nitrogens with zero attached hydrogens (tertiary/aromatic N) is 2. The van der Waals surface area contributed by atoms with Gasteiger partial charge in [-0.15, -0.1) is 0 Å². The average Bonchev–Trinajstić information content (AvgIpc) is 2.92. The zero-order valence-corrected chi connectivity index (χ0v) is 25.4. The molecule has 3 rings (SSSR count). The van der Waals surface area contributed by atoms with Crippen molar-refractivity contribution in [2.45, 2.75) is 38.9 Å². The van der Waals surface area contributed by atoms with Gasteiger partial charge in [0, 0.05) is 53.4 Å². The lowest BCUT2D eigenvalue weighted by Crippen LogP contribution is -2.50. The van der Waals surface area contributed by atoms with E-state index in [1.54, 1.807) is 41.6 Å². The summed E-state index contributed by atoms with van der Waals surface area (Å²) < 4.78 is 22.9. The van der Waals surface area contributed by atoms with Gasteiger partial charge in [-0.1, -0.05) is 15.9 Å². The molecule has 1 N–H and O–H groups in total. The van der Waals surface area contributed by atoms with Gasteiger partial charge in [0.1, 0.15) is 28.8 Å². The molecule has 0 aliphatic heterocycles. The molecule has 0 radical (unpaired) electrons. The minimum atomic E-state index is -0.848. The quantitative estimate of drug-likeness (QED) is 0.260. The molecule has 39 heavy (non-hydrogen) atoms. The predicted molar refractivity (Wildman–Crippen MR) is 159 cm³/mol. The summed E-state index contributed by atoms with van der Waals surface area (Å²) in [4.78, 5) is 18.9. The summed E-state index contributed by atoms with van der Waals surface area (Å²) >= 11 is 9.51. The fraction of sp³-hybridized carbons (Fsp3) is 0.345. The van der Waals surface area contributed by atoms with Crippen molar-refractivity contribution in [2.75, 3.05) is 28.4 Å². The number of halogens is 1. The van der Waals surface area contributed by atoms with Gasteiger partial charge < -0.3 is 29.2 Å². The van der Waals surface area contributed by atoms with E-state index in [4.69, 9.17) is 31.2 Å². The van der Waals surface area contributed by atoms with Crippen molar-refractivity contribution in [1.29, 1.82) is 0 Å². The summed E-state index contributed by atoms with van der Waals surface area (Å²) in [7, 11) is 6.46. The molecule has 0 unspecified atom stereocenters. The summed E-state index contributed by atoms with van der Waals surface area (Å²) in [5, 5.41) is 3.89. The lowest BCUT2D eigenvalue weighted by Gasteiger charge is -2.35. The highest BCUT2D eigenvalue weighted by atomic mass is 79.9. The number of carbonyl (C=O) groups is 1. The first-order valence-electron chi connectivity index (χ1n) is 12.2. The molecule has 0 aliphatic rings. The molecule has 2 aromatic carbocycles. The number of nitrogens with one attached hydrogen (secondary N) is 1. The second kappa shape index (κ2) is 13.6. The van der Waals surface area contributed by atoms with E-state index in [9.17, 15) is 4.79 Å². The van der Waals surface area contributed by atoms with Crippen LogP contribution in [0.5, 0.6) is 23.0 Å². The number of benzene rings is 2. The third-order valence-electron chi connectivity index (χ3n) is 6.27. The van der Waals surface area contributed by atoms with Crippen LogP contribution >= 0.6 is 28.1 Å². The summed E-state index contributed by atoms with van der Waals surface area (Å²) in [5.74, 6) is 2.73. The number of hydrogen-bond acceptors (Lipinski definition) is 7. The molecule has 0 fully saturated rings. The van der Waals surface area contributed by atoms with Crippen LogP contribution in [0.25, 0.3) is 0 Å². The Kier molecular flexibility index (Phi) is 10.5. The highest BCUT2D eigenvalue weighted by Gasteiger charge is 2.32. The summed E-state index contributed by atoms with van der Waals surface area (Å²) in [6, 6.07) is 15.1. The first kappa shape index (κ1) is 30.2. The fourth-order valence-corrected chi connectivity index (χ4v) is 4.98. The summed E-state index contributed by atoms with van der Waals surface area (Å²) in [5.41, 5.74) is 1.66. The maximum atomic E-state index is 12.3. The molecule has 10 heteroatoms. The number of ether oxygens (including phenoxy) is 4. The van der Waals surface area contributed by atoms with E-state index in [1.807, 2.05) is 60.4 Å². The molecular formula is C29H34BrN3O5S. The lowest BCUT2D eigenvalue weighted by atomic mass is 9.91. The molecule has 1 heterocycles. The molecule has 0 bridgehead atoms. The lowest BCUT2D eigenvalue weighted by molar-refractivity contribution is -0.118. The van der Waals surface area contributed by atoms with Crippen molar-refractivity contribution in [1.82, 2.24) is 15.2 Å². The maximum Gasteiger partial charge on any atom is 0.170 e. The van der Waals surface area contributed by atoms with Crippen molar-refractivity contribution < 1.29 is 23.7 Å². The largest absolute Gasteiger partial charge is 0.497 e. The third kappa shape index (κ3) is 7.83. The topological polar surface area (TPSA) is 82.2 Å². The van der Waals surface area contributed by atoms with Gasteiger partial charge in [0.05, 0.1) is 39.7 Å². The van der Waals surface area contributed by atoms with Crippen molar-refractivity contribution >= 4 is 39.0 Å². The van der Waals surface area contributed by atoms with E-state index in [0.29, 0.717) is 46.9 Å². The number of carbonyl (C=O) groups excluding carboxylic acids is 1. The second-order valence-electron chi connectivity index (χ2n) is 9.21. The zero-order valence-electron chi connectivity index (χ0n) is 23.0. The van der Waals surface area contributed by atoms with Crippen molar-refractivity contribution in [2.24, 2.45) is 0 Å². The van der Waals surface area contributed by atoms with Crippen molar-refractivity contribution in [3.8, 4) is 23.0 Å². The number of ketones is 1. The summed E-state index contributed by atoms with van der Waals surface area (Å²) in [6.07, 6.45) is 1.90. The molecule has 1 atom stereocenters. The standard InChI is InChI=1S/C29H34BrN3O5S/c1-19(34)16-29(2,27-13-22(30)11-12-31-27)32-28(39)33(17-20-7-9-23(35-3)14-25(20)37-5)18-21-8-10-24(36-4)15-26(21)38-6/h7-15H,16-18H2,1-6H3,(H,32,39)/t29-/m0/s1. The normalized spacial score (nSPS) is 12.2. The van der Waals surface area contributed by atoms with Crippen LogP contribution in [-0.2, 0) is 23.4 Å². The van der Waals surface area contributed by atoms with Crippen LogP contribution in [0.3, 0.4) is 0 Å². The van der Waals surface area contributed by atoms with E-state index >= 15 is 0 Å². The van der Waals surface area contributed by atoms with Gasteiger partial charge in [-0.05, 0) is 62.5 Å². The number of rotatable bonds is 12. The first-order valence-corrected chi connectivity index (χ1v) is 13.4. The van der Waals surface area contributed by atoms with E-state index in [0.717, 1.165) is 15.6 Å². The van der Waals surface area contributed by atoms with E-state index < -0.39 is 5.54 Å². The van der Waals surface area contributed by atoms with Crippen LogP contribution in [-0.4, -0.2) is 49.2 Å². The molecule has 3 aromatic rings. The highest BCUT2D eigenvalue weighted by Crippen LogP contribution is 2.31. The number of methoxy groups -OCH3 is 4. The van der Waals surface area contributed by atoms with Crippen LogP contribution in [0, 0.1) is 0 Å². The van der Waals surface area contributed by atoms with Gasteiger partial charge in [0.25, 0.3) is 0 Å². The maximum absolute atomic E-state index is 12.3. The molecule has 208 valence electrons. The Morgan fingerprint density at radius 1 is 0.923 bits per heavy atom. The van der Waals surface area contributed by atoms with E-state index in [1.165, 1.54) is 0 Å². The molecule has 0 saturated carbocycles. The zero-order chi connectivity index (χ0) is 28.6. The number of aromatic nitrogens is 1. The van der Waals surface area contributed by atoms with Crippen LogP contribution < -0.4 is 24.3 Å². The molecule has 0 amide bonds. The van der Waals surface area contributed by atoms with Gasteiger partial charge >= 0.3 is 0 Å². The Labute approximate surface area is 243 Å². The number of Topliss-reactive ketones (excluding diaryl/α,β-unsaturated/α-hetero) is 1. The van der Waals surface area contributed by atoms with Crippen LogP contribution in [0.2, 0.25) is 0 Å². The molecule has 8 nitrogen and oxygen atoms in total. The Morgan fingerprint density at radius 3 is 1.90 bits per heavy atom. The minimum Gasteiger partial charge on any atom is -0.497 e. The van der Waals surface area contributed by atoms with E-state index in [-0.39, 0.29) is 12.2 Å². The van der Waals surface area contributed by atoms with Crippen LogP contribution in [0.1, 0.15) is 37.1 Å². The number of hydrogen-bond donors (Lipinski definition) is 1. The van der Waals surface area contributed by atoms with Gasteiger partial charge in [-0.25, -0.2) is 0 Å². The highest BCUT2D eigenvalue weighted by molar-refractivity contribution is 9.10. The van der Waals surface area contributed by atoms with Gasteiger partial charge in [0.15, 0.2) is 5.11 Å². The first-order chi connectivity index (χ1) is 18.6. The van der Waals surface area contributed by atoms with E-state index in [2.05, 4.69) is 26.2 Å². The van der Waals surface area contributed by atoms with Gasteiger partial charge in [-0.2, -0.15) is 0 Å². The molecule has 1 aromatic heterocycles. The average molecular weight is 617 g/mol. The fourth-order valence-electron chi connectivity index (χ4n) is 4.29. The number of pyridine rings is 1. The Bertz CT molecular complexity index is 1260. The van der Waals surface area contributed by atoms with Crippen molar-refractivity contribution in [3.05, 3.63) is 76.0 Å². The SMILES string of the molecule is COc1ccc(CN(Cc2ccc(OC)cc2OC)C(=S)N[C@@](C)(CC(C)=O)c2cc(Br)ccn2)c(OC)c1. The molecule has 0 aliphatic carbocycles. The summed E-state index contributed by atoms with van der Waals surface area (Å²) in [6.45, 7) is 4.31. The molecule has 0 saturated heterocycles. The van der Waals surface area contributed by atoms with Crippen LogP contribution in [0.15, 0.2) is 59.2 Å². The van der Waals surface area contributed by atoms with Crippen molar-refractivity contribution in [3.63, 3.8) is 0 Å². The predicted octanol–water partition coefficient (Wildman–Crippen LogP) is 5.65. The third-order valence-corrected chi connectivity index (χ3v) is 7.12. The minimum absolute atomic E-state index is 0.00905. The molecule has 0 spiro atoms. The Balaban J connectivity index is 2.03. The second-order valence-corrected chi connectivity index (χ2v) is 10.5.